The minimum Gasteiger partial charge on any atom is -0.225 e. The number of sulfonamides is 1. The summed E-state index contributed by atoms with van der Waals surface area (Å²) in [6.45, 7) is 5.21. The Morgan fingerprint density at radius 3 is 1.84 bits per heavy atom. The molecule has 1 rings (SSSR count). The van der Waals surface area contributed by atoms with Crippen molar-refractivity contribution in [1.29, 1.82) is 0 Å². The lowest BCUT2D eigenvalue weighted by Gasteiger charge is -2.24. The predicted octanol–water partition coefficient (Wildman–Crippen LogP) is 2.94. The summed E-state index contributed by atoms with van der Waals surface area (Å²) < 4.78 is 61.4. The third kappa shape index (κ3) is 3.43. The van der Waals surface area contributed by atoms with Gasteiger partial charge in [-0.15, -0.1) is 12.6 Å². The van der Waals surface area contributed by atoms with Gasteiger partial charge in [-0.05, 0) is 17.0 Å². The van der Waals surface area contributed by atoms with Crippen LogP contribution in [0.5, 0.6) is 0 Å². The molecule has 3 nitrogen and oxygen atoms in total. The molecule has 19 heavy (non-hydrogen) atoms. The quantitative estimate of drug-likeness (QED) is 0.783. The molecule has 0 spiro atoms. The summed E-state index contributed by atoms with van der Waals surface area (Å²) in [6, 6.07) is 1.94. The van der Waals surface area contributed by atoms with E-state index in [1.165, 1.54) is 6.07 Å². The van der Waals surface area contributed by atoms with E-state index in [1.54, 1.807) is 20.8 Å². The zero-order valence-electron chi connectivity index (χ0n) is 10.5. The number of hydrogen-bond acceptors (Lipinski definition) is 3. The van der Waals surface area contributed by atoms with Gasteiger partial charge in [0.15, 0.2) is 0 Å². The van der Waals surface area contributed by atoms with Crippen LogP contribution in [-0.2, 0) is 21.6 Å². The lowest BCUT2D eigenvalue weighted by atomic mass is 9.86. The van der Waals surface area contributed by atoms with E-state index in [-0.39, 0.29) is 4.90 Å². The second-order valence-electron chi connectivity index (χ2n) is 5.13. The highest BCUT2D eigenvalue weighted by atomic mass is 32.2. The van der Waals surface area contributed by atoms with Gasteiger partial charge >= 0.3 is 6.18 Å². The summed E-state index contributed by atoms with van der Waals surface area (Å²) in [7, 11) is -4.53. The van der Waals surface area contributed by atoms with Gasteiger partial charge in [0, 0.05) is 4.90 Å². The zero-order valence-corrected chi connectivity index (χ0v) is 12.2. The zero-order chi connectivity index (χ0) is 15.2. The fourth-order valence-electron chi connectivity index (χ4n) is 1.69. The van der Waals surface area contributed by atoms with Crippen LogP contribution in [0.3, 0.4) is 0 Å². The summed E-state index contributed by atoms with van der Waals surface area (Å²) in [5, 5.41) is 4.89. The molecule has 0 atom stereocenters. The van der Waals surface area contributed by atoms with Gasteiger partial charge in [0.2, 0.25) is 10.0 Å². The number of rotatable bonds is 1. The van der Waals surface area contributed by atoms with Crippen molar-refractivity contribution >= 4 is 22.7 Å². The summed E-state index contributed by atoms with van der Waals surface area (Å²) in [5.74, 6) is 0. The van der Waals surface area contributed by atoms with Crippen molar-refractivity contribution in [2.45, 2.75) is 42.2 Å². The fraction of sp³-hybridized carbons (Fsp3) is 0.455. The highest BCUT2D eigenvalue weighted by molar-refractivity contribution is 7.90. The standard InChI is InChI=1S/C11H14F3NO2S2/c1-10(2,3)6-4-5-7(11(12,13)14)9(8(6)18)19(15,16)17/h4-5,18H,1-3H3,(H2,15,16,17). The van der Waals surface area contributed by atoms with E-state index in [0.717, 1.165) is 6.07 Å². The average molecular weight is 313 g/mol. The number of primary sulfonamides is 1. The second kappa shape index (κ2) is 4.68. The summed E-state index contributed by atoms with van der Waals surface area (Å²) in [6.07, 6.45) is -4.81. The first-order chi connectivity index (χ1) is 8.26. The smallest absolute Gasteiger partial charge is 0.225 e. The number of halogens is 3. The third-order valence-corrected chi connectivity index (χ3v) is 4.14. The largest absolute Gasteiger partial charge is 0.417 e. The van der Waals surface area contributed by atoms with E-state index in [0.29, 0.717) is 5.56 Å². The summed E-state index contributed by atoms with van der Waals surface area (Å²) in [4.78, 5) is -1.24. The van der Waals surface area contributed by atoms with E-state index in [4.69, 9.17) is 5.14 Å². The number of alkyl halides is 3. The van der Waals surface area contributed by atoms with Crippen molar-refractivity contribution < 1.29 is 21.6 Å². The Morgan fingerprint density at radius 2 is 1.53 bits per heavy atom. The van der Waals surface area contributed by atoms with E-state index >= 15 is 0 Å². The van der Waals surface area contributed by atoms with Crippen molar-refractivity contribution in [3.8, 4) is 0 Å². The van der Waals surface area contributed by atoms with Crippen molar-refractivity contribution in [2.75, 3.05) is 0 Å². The lowest BCUT2D eigenvalue weighted by molar-refractivity contribution is -0.140. The third-order valence-electron chi connectivity index (χ3n) is 2.53. The Labute approximate surface area is 115 Å². The van der Waals surface area contributed by atoms with Crippen LogP contribution in [0.2, 0.25) is 0 Å². The molecule has 0 aliphatic heterocycles. The van der Waals surface area contributed by atoms with Crippen LogP contribution in [0.4, 0.5) is 13.2 Å². The molecular formula is C11H14F3NO2S2. The Kier molecular flexibility index (Phi) is 4.02. The normalized spacial score (nSPS) is 13.7. The van der Waals surface area contributed by atoms with Crippen LogP contribution < -0.4 is 5.14 Å². The monoisotopic (exact) mass is 313 g/mol. The Hall–Kier alpha value is -0.730. The van der Waals surface area contributed by atoms with Crippen molar-refractivity contribution in [3.63, 3.8) is 0 Å². The SMILES string of the molecule is CC(C)(C)c1ccc(C(F)(F)F)c(S(N)(=O)=O)c1S. The van der Waals surface area contributed by atoms with E-state index in [1.807, 2.05) is 0 Å². The molecule has 0 radical (unpaired) electrons. The molecule has 8 heteroatoms. The number of hydrogen-bond donors (Lipinski definition) is 2. The lowest BCUT2D eigenvalue weighted by Crippen LogP contribution is -2.22. The van der Waals surface area contributed by atoms with Gasteiger partial charge in [0.1, 0.15) is 4.90 Å². The maximum atomic E-state index is 12.8. The van der Waals surface area contributed by atoms with E-state index in [2.05, 4.69) is 12.6 Å². The molecule has 1 aromatic carbocycles. The van der Waals surface area contributed by atoms with Crippen LogP contribution in [0.15, 0.2) is 21.9 Å². The average Bonchev–Trinajstić information content (AvgIpc) is 2.11. The van der Waals surface area contributed by atoms with Crippen LogP contribution in [-0.4, -0.2) is 8.42 Å². The van der Waals surface area contributed by atoms with Gasteiger partial charge in [-0.2, -0.15) is 13.2 Å². The van der Waals surface area contributed by atoms with Crippen molar-refractivity contribution in [2.24, 2.45) is 5.14 Å². The first kappa shape index (κ1) is 16.3. The molecule has 108 valence electrons. The summed E-state index contributed by atoms with van der Waals surface area (Å²) in [5.41, 5.74) is -1.47. The molecule has 0 aliphatic rings. The second-order valence-corrected chi connectivity index (χ2v) is 7.08. The molecule has 0 heterocycles. The van der Waals surface area contributed by atoms with Gasteiger partial charge in [0.05, 0.1) is 5.56 Å². The van der Waals surface area contributed by atoms with Crippen LogP contribution in [0, 0.1) is 0 Å². The molecule has 0 bridgehead atoms. The summed E-state index contributed by atoms with van der Waals surface area (Å²) >= 11 is 3.94. The highest BCUT2D eigenvalue weighted by Gasteiger charge is 2.39. The Balaban J connectivity index is 3.81. The van der Waals surface area contributed by atoms with E-state index in [9.17, 15) is 21.6 Å². The van der Waals surface area contributed by atoms with Crippen molar-refractivity contribution in [3.05, 3.63) is 23.3 Å². The van der Waals surface area contributed by atoms with Crippen LogP contribution >= 0.6 is 12.6 Å². The minimum absolute atomic E-state index is 0.259. The van der Waals surface area contributed by atoms with Crippen molar-refractivity contribution in [1.82, 2.24) is 0 Å². The van der Waals surface area contributed by atoms with Gasteiger partial charge in [-0.1, -0.05) is 26.8 Å². The van der Waals surface area contributed by atoms with Gasteiger partial charge < -0.3 is 0 Å². The van der Waals surface area contributed by atoms with Gasteiger partial charge in [-0.3, -0.25) is 0 Å². The maximum Gasteiger partial charge on any atom is 0.417 e. The van der Waals surface area contributed by atoms with Crippen LogP contribution in [0.25, 0.3) is 0 Å². The number of benzene rings is 1. The van der Waals surface area contributed by atoms with Gasteiger partial charge in [0.25, 0.3) is 0 Å². The van der Waals surface area contributed by atoms with Crippen LogP contribution in [0.1, 0.15) is 31.9 Å². The highest BCUT2D eigenvalue weighted by Crippen LogP contribution is 2.40. The predicted molar refractivity (Wildman–Crippen MR) is 68.8 cm³/mol. The first-order valence-electron chi connectivity index (χ1n) is 5.22. The molecular weight excluding hydrogens is 299 g/mol. The fourth-order valence-corrected chi connectivity index (χ4v) is 3.47. The Morgan fingerprint density at radius 1 is 1.11 bits per heavy atom. The molecule has 0 aliphatic carbocycles. The molecule has 0 aromatic heterocycles. The Bertz CT molecular complexity index is 602. The molecule has 1 aromatic rings. The molecule has 0 amide bonds. The molecule has 0 saturated heterocycles. The van der Waals surface area contributed by atoms with Gasteiger partial charge in [-0.25, -0.2) is 13.6 Å². The molecule has 0 unspecified atom stereocenters. The molecule has 2 N–H and O–H groups in total. The van der Waals surface area contributed by atoms with E-state index < -0.39 is 32.1 Å². The minimum atomic E-state index is -4.81. The molecule has 0 saturated carbocycles. The first-order valence-corrected chi connectivity index (χ1v) is 7.22. The maximum absolute atomic E-state index is 12.8. The number of thiol groups is 1. The number of nitrogens with two attached hydrogens (primary N) is 1. The molecule has 0 fully saturated rings. The topological polar surface area (TPSA) is 60.2 Å².